The second-order valence-electron chi connectivity index (χ2n) is 4.77. The van der Waals surface area contributed by atoms with Crippen LogP contribution in [0.1, 0.15) is 24.2 Å². The van der Waals surface area contributed by atoms with E-state index in [2.05, 4.69) is 10.1 Å². The van der Waals surface area contributed by atoms with E-state index in [4.69, 9.17) is 4.52 Å². The molecule has 1 atom stereocenters. The summed E-state index contributed by atoms with van der Waals surface area (Å²) in [6.45, 7) is 2.28. The average Bonchev–Trinajstić information content (AvgIpc) is 3.04. The molecule has 0 spiro atoms. The van der Waals surface area contributed by atoms with Crippen LogP contribution in [0.5, 0.6) is 0 Å². The molecular weight excluding hydrogens is 258 g/mol. The van der Waals surface area contributed by atoms with Gasteiger partial charge in [-0.3, -0.25) is 0 Å². The van der Waals surface area contributed by atoms with Gasteiger partial charge in [0.25, 0.3) is 0 Å². The quantitative estimate of drug-likeness (QED) is 0.912. The van der Waals surface area contributed by atoms with Crippen molar-refractivity contribution < 1.29 is 14.4 Å². The van der Waals surface area contributed by atoms with Crippen molar-refractivity contribution >= 4 is 11.7 Å². The van der Waals surface area contributed by atoms with Gasteiger partial charge in [0.1, 0.15) is 6.04 Å². The van der Waals surface area contributed by atoms with Crippen molar-refractivity contribution in [1.29, 1.82) is 0 Å². The number of aromatic nitrogens is 2. The smallest absolute Gasteiger partial charge is 0.326 e. The minimum Gasteiger partial charge on any atom is -0.480 e. The molecule has 1 N–H and O–H groups in total. The zero-order valence-corrected chi connectivity index (χ0v) is 11.1. The first kappa shape index (κ1) is 12.7. The molecule has 0 radical (unpaired) electrons. The Morgan fingerprint density at radius 1 is 1.50 bits per heavy atom. The van der Waals surface area contributed by atoms with Gasteiger partial charge in [0.2, 0.25) is 5.89 Å². The Kier molecular flexibility index (Phi) is 3.14. The second-order valence-corrected chi connectivity index (χ2v) is 4.77. The molecule has 2 aromatic rings. The molecule has 6 nitrogen and oxygen atoms in total. The summed E-state index contributed by atoms with van der Waals surface area (Å²) in [6, 6.07) is 7.14. The molecule has 0 saturated heterocycles. The number of hydrogen-bond donors (Lipinski definition) is 1. The summed E-state index contributed by atoms with van der Waals surface area (Å²) in [6.07, 6.45) is 1.18. The predicted molar refractivity (Wildman–Crippen MR) is 71.4 cm³/mol. The normalized spacial score (nSPS) is 17.2. The lowest BCUT2D eigenvalue weighted by Gasteiger charge is -2.22. The van der Waals surface area contributed by atoms with Crippen molar-refractivity contribution in [2.24, 2.45) is 0 Å². The molecule has 20 heavy (non-hydrogen) atoms. The number of aryl methyl sites for hydroxylation is 1. The van der Waals surface area contributed by atoms with E-state index in [1.165, 1.54) is 0 Å². The van der Waals surface area contributed by atoms with Gasteiger partial charge >= 0.3 is 5.97 Å². The van der Waals surface area contributed by atoms with Crippen LogP contribution in [0.25, 0.3) is 0 Å². The predicted octanol–water partition coefficient (Wildman–Crippen LogP) is 1.65. The van der Waals surface area contributed by atoms with Crippen LogP contribution in [0.15, 0.2) is 28.8 Å². The summed E-state index contributed by atoms with van der Waals surface area (Å²) >= 11 is 0. The maximum atomic E-state index is 11.4. The Hall–Kier alpha value is -2.37. The lowest BCUT2D eigenvalue weighted by molar-refractivity contribution is -0.138. The fourth-order valence-electron chi connectivity index (χ4n) is 2.52. The van der Waals surface area contributed by atoms with E-state index in [0.717, 1.165) is 11.3 Å². The van der Waals surface area contributed by atoms with Crippen LogP contribution in [0.4, 0.5) is 5.69 Å². The van der Waals surface area contributed by atoms with Gasteiger partial charge in [-0.1, -0.05) is 30.3 Å². The van der Waals surface area contributed by atoms with Gasteiger partial charge in [0.05, 0.1) is 6.54 Å². The van der Waals surface area contributed by atoms with E-state index >= 15 is 0 Å². The number of carboxylic acids is 1. The average molecular weight is 273 g/mol. The number of para-hydroxylation sites is 1. The first-order valence-corrected chi connectivity index (χ1v) is 6.58. The second kappa shape index (κ2) is 4.96. The van der Waals surface area contributed by atoms with Gasteiger partial charge in [0, 0.05) is 18.5 Å². The van der Waals surface area contributed by atoms with E-state index in [1.54, 1.807) is 0 Å². The number of carbonyl (C=O) groups is 1. The highest BCUT2D eigenvalue weighted by molar-refractivity contribution is 5.82. The van der Waals surface area contributed by atoms with Crippen LogP contribution < -0.4 is 4.90 Å². The van der Waals surface area contributed by atoms with Gasteiger partial charge in [-0.25, -0.2) is 4.79 Å². The molecule has 0 fully saturated rings. The summed E-state index contributed by atoms with van der Waals surface area (Å²) < 4.78 is 5.07. The largest absolute Gasteiger partial charge is 0.480 e. The van der Waals surface area contributed by atoms with E-state index in [9.17, 15) is 9.90 Å². The Labute approximate surface area is 116 Å². The van der Waals surface area contributed by atoms with Gasteiger partial charge < -0.3 is 14.5 Å². The van der Waals surface area contributed by atoms with Crippen LogP contribution in [-0.2, 0) is 24.2 Å². The van der Waals surface area contributed by atoms with E-state index in [1.807, 2.05) is 36.1 Å². The SMILES string of the molecule is CCc1nc(CN2c3ccccc3CC2C(=O)O)no1. The third-order valence-corrected chi connectivity index (χ3v) is 3.50. The van der Waals surface area contributed by atoms with Crippen LogP contribution in [-0.4, -0.2) is 27.3 Å². The van der Waals surface area contributed by atoms with Crippen molar-refractivity contribution in [2.45, 2.75) is 32.4 Å². The number of carboxylic acid groups (broad SMARTS) is 1. The Morgan fingerprint density at radius 3 is 3.00 bits per heavy atom. The molecule has 0 amide bonds. The monoisotopic (exact) mass is 273 g/mol. The minimum absolute atomic E-state index is 0.345. The number of anilines is 1. The highest BCUT2D eigenvalue weighted by atomic mass is 16.5. The molecule has 2 heterocycles. The van der Waals surface area contributed by atoms with Gasteiger partial charge in [-0.05, 0) is 11.6 Å². The fraction of sp³-hybridized carbons (Fsp3) is 0.357. The maximum Gasteiger partial charge on any atom is 0.326 e. The highest BCUT2D eigenvalue weighted by Gasteiger charge is 2.34. The Morgan fingerprint density at radius 2 is 2.30 bits per heavy atom. The highest BCUT2D eigenvalue weighted by Crippen LogP contribution is 2.33. The van der Waals surface area contributed by atoms with Crippen molar-refractivity contribution in [3.05, 3.63) is 41.5 Å². The Bertz CT molecular complexity index is 638. The number of rotatable bonds is 4. The van der Waals surface area contributed by atoms with Crippen LogP contribution in [0.3, 0.4) is 0 Å². The van der Waals surface area contributed by atoms with E-state index in [0.29, 0.717) is 31.1 Å². The molecule has 1 aromatic heterocycles. The van der Waals surface area contributed by atoms with Gasteiger partial charge in [-0.2, -0.15) is 4.98 Å². The topological polar surface area (TPSA) is 79.5 Å². The minimum atomic E-state index is -0.833. The maximum absolute atomic E-state index is 11.4. The summed E-state index contributed by atoms with van der Waals surface area (Å²) in [5.74, 6) is 0.254. The van der Waals surface area contributed by atoms with Gasteiger partial charge in [-0.15, -0.1) is 0 Å². The summed E-state index contributed by atoms with van der Waals surface area (Å²) in [4.78, 5) is 17.5. The molecule has 0 bridgehead atoms. The molecule has 1 aromatic carbocycles. The molecule has 3 rings (SSSR count). The molecule has 0 saturated carbocycles. The van der Waals surface area contributed by atoms with Crippen LogP contribution in [0.2, 0.25) is 0 Å². The third kappa shape index (κ3) is 2.13. The zero-order valence-electron chi connectivity index (χ0n) is 11.1. The van der Waals surface area contributed by atoms with E-state index < -0.39 is 12.0 Å². The lowest BCUT2D eigenvalue weighted by Crippen LogP contribution is -2.38. The lowest BCUT2D eigenvalue weighted by atomic mass is 10.1. The summed E-state index contributed by atoms with van der Waals surface area (Å²) in [5, 5.41) is 13.3. The Balaban J connectivity index is 1.90. The first-order valence-electron chi connectivity index (χ1n) is 6.58. The molecule has 104 valence electrons. The number of fused-ring (bicyclic) bond motifs is 1. The molecule has 1 unspecified atom stereocenters. The molecule has 6 heteroatoms. The van der Waals surface area contributed by atoms with Crippen molar-refractivity contribution in [2.75, 3.05) is 4.90 Å². The third-order valence-electron chi connectivity index (χ3n) is 3.50. The van der Waals surface area contributed by atoms with Crippen molar-refractivity contribution in [3.63, 3.8) is 0 Å². The number of aliphatic carboxylic acids is 1. The number of benzene rings is 1. The van der Waals surface area contributed by atoms with Crippen molar-refractivity contribution in [3.8, 4) is 0 Å². The fourth-order valence-corrected chi connectivity index (χ4v) is 2.52. The number of nitrogens with zero attached hydrogens (tertiary/aromatic N) is 3. The van der Waals surface area contributed by atoms with E-state index in [-0.39, 0.29) is 0 Å². The molecule has 1 aliphatic rings. The molecule has 1 aliphatic heterocycles. The summed E-state index contributed by atoms with van der Waals surface area (Å²) in [7, 11) is 0. The van der Waals surface area contributed by atoms with Crippen LogP contribution >= 0.6 is 0 Å². The van der Waals surface area contributed by atoms with Gasteiger partial charge in [0.15, 0.2) is 5.82 Å². The standard InChI is InChI=1S/C14H15N3O3/c1-2-13-15-12(16-20-13)8-17-10-6-4-3-5-9(10)7-11(17)14(18)19/h3-6,11H,2,7-8H2,1H3,(H,18,19). The van der Waals surface area contributed by atoms with Crippen LogP contribution in [0, 0.1) is 0 Å². The molecular formula is C14H15N3O3. The first-order chi connectivity index (χ1) is 9.69. The summed E-state index contributed by atoms with van der Waals surface area (Å²) in [5.41, 5.74) is 1.97. The molecule has 0 aliphatic carbocycles. The number of hydrogen-bond acceptors (Lipinski definition) is 5. The van der Waals surface area contributed by atoms with Crippen molar-refractivity contribution in [1.82, 2.24) is 10.1 Å². The zero-order chi connectivity index (χ0) is 14.1.